The number of anilines is 2. The minimum absolute atomic E-state index is 0.0165. The van der Waals surface area contributed by atoms with Gasteiger partial charge in [0.1, 0.15) is 5.82 Å². The molecule has 0 saturated carbocycles. The summed E-state index contributed by atoms with van der Waals surface area (Å²) in [5.74, 6) is -1.72. The highest BCUT2D eigenvalue weighted by Gasteiger charge is 2.34. The van der Waals surface area contributed by atoms with Crippen LogP contribution in [0.25, 0.3) is 6.08 Å². The van der Waals surface area contributed by atoms with Crippen LogP contribution in [0.15, 0.2) is 41.3 Å². The first-order chi connectivity index (χ1) is 16.7. The lowest BCUT2D eigenvalue weighted by Gasteiger charge is -2.35. The molecule has 2 aliphatic heterocycles. The number of benzene rings is 2. The first-order valence-electron chi connectivity index (χ1n) is 12.1. The highest BCUT2D eigenvalue weighted by atomic mass is 32.2. The third-order valence-electron chi connectivity index (χ3n) is 6.98. The number of halogens is 1. The molecule has 2 aliphatic rings. The monoisotopic (exact) mass is 501 g/mol. The second kappa shape index (κ2) is 10.4. The number of carboxylic acids is 1. The molecule has 0 amide bonds. The Morgan fingerprint density at radius 1 is 1.23 bits per heavy atom. The van der Waals surface area contributed by atoms with Crippen molar-refractivity contribution in [1.29, 1.82) is 0 Å². The Morgan fingerprint density at radius 3 is 2.71 bits per heavy atom. The number of nitrogens with zero attached hydrogens (tertiary/aromatic N) is 2. The Hall–Kier alpha value is -2.91. The molecule has 0 radical (unpaired) electrons. The fourth-order valence-electron chi connectivity index (χ4n) is 5.16. The van der Waals surface area contributed by atoms with Crippen molar-refractivity contribution in [3.63, 3.8) is 0 Å². The molecule has 188 valence electrons. The quantitative estimate of drug-likeness (QED) is 0.522. The first-order valence-corrected chi connectivity index (χ1v) is 13.6. The number of nitrogens with one attached hydrogen (secondary N) is 1. The average Bonchev–Trinajstić information content (AvgIpc) is 3.30. The first kappa shape index (κ1) is 25.2. The Bertz CT molecular complexity index is 1240. The lowest BCUT2D eigenvalue weighted by atomic mass is 9.91. The SMILES string of the molecule is CCN(CC)CC=Cc1cc(F)ccc1S(=O)(=O)Nc1ccc2c(c1C(=O)O)CCC1CCCN21. The number of aromatic carboxylic acids is 1. The van der Waals surface area contributed by atoms with Crippen LogP contribution in [-0.4, -0.2) is 56.6 Å². The summed E-state index contributed by atoms with van der Waals surface area (Å²) in [5.41, 5.74) is 1.75. The molecule has 7 nitrogen and oxygen atoms in total. The van der Waals surface area contributed by atoms with Gasteiger partial charge in [-0.1, -0.05) is 26.0 Å². The fourth-order valence-corrected chi connectivity index (χ4v) is 6.41. The molecule has 1 unspecified atom stereocenters. The number of fused-ring (bicyclic) bond motifs is 3. The summed E-state index contributed by atoms with van der Waals surface area (Å²) in [7, 11) is -4.18. The fraction of sp³-hybridized carbons (Fsp3) is 0.423. The molecular formula is C26H32FN3O4S. The van der Waals surface area contributed by atoms with Crippen LogP contribution in [0.2, 0.25) is 0 Å². The summed E-state index contributed by atoms with van der Waals surface area (Å²) in [6, 6.07) is 7.23. The average molecular weight is 502 g/mol. The van der Waals surface area contributed by atoms with Gasteiger partial charge in [-0.2, -0.15) is 0 Å². The maximum atomic E-state index is 14.0. The number of hydrogen-bond donors (Lipinski definition) is 2. The van der Waals surface area contributed by atoms with Crippen molar-refractivity contribution in [2.45, 2.75) is 50.5 Å². The number of carbonyl (C=O) groups is 1. The van der Waals surface area contributed by atoms with Gasteiger partial charge in [-0.05, 0) is 80.2 Å². The van der Waals surface area contributed by atoms with Crippen LogP contribution in [0, 0.1) is 5.82 Å². The number of likely N-dealkylation sites (N-methyl/N-ethyl adjacent to an activating group) is 1. The van der Waals surface area contributed by atoms with Crippen LogP contribution in [0.4, 0.5) is 15.8 Å². The highest BCUT2D eigenvalue weighted by Crippen LogP contribution is 2.40. The van der Waals surface area contributed by atoms with E-state index in [9.17, 15) is 22.7 Å². The van der Waals surface area contributed by atoms with Crippen LogP contribution >= 0.6 is 0 Å². The minimum atomic E-state index is -4.18. The Kier molecular flexibility index (Phi) is 7.47. The van der Waals surface area contributed by atoms with Crippen molar-refractivity contribution in [3.05, 3.63) is 58.9 Å². The maximum Gasteiger partial charge on any atom is 0.338 e. The van der Waals surface area contributed by atoms with Crippen molar-refractivity contribution in [1.82, 2.24) is 4.90 Å². The van der Waals surface area contributed by atoms with E-state index in [1.807, 2.05) is 19.9 Å². The number of hydrogen-bond acceptors (Lipinski definition) is 5. The zero-order valence-corrected chi connectivity index (χ0v) is 20.9. The van der Waals surface area contributed by atoms with Gasteiger partial charge in [-0.3, -0.25) is 4.72 Å². The van der Waals surface area contributed by atoms with E-state index in [1.54, 1.807) is 12.2 Å². The van der Waals surface area contributed by atoms with E-state index in [0.29, 0.717) is 24.6 Å². The third kappa shape index (κ3) is 5.21. The summed E-state index contributed by atoms with van der Waals surface area (Å²) in [6.07, 6.45) is 6.98. The summed E-state index contributed by atoms with van der Waals surface area (Å²) in [6.45, 7) is 7.21. The van der Waals surface area contributed by atoms with Gasteiger partial charge in [-0.25, -0.2) is 17.6 Å². The molecule has 0 aliphatic carbocycles. The van der Waals surface area contributed by atoms with Crippen LogP contribution in [-0.2, 0) is 16.4 Å². The van der Waals surface area contributed by atoms with Crippen molar-refractivity contribution in [2.75, 3.05) is 35.8 Å². The zero-order valence-electron chi connectivity index (χ0n) is 20.1. The third-order valence-corrected chi connectivity index (χ3v) is 8.42. The number of rotatable bonds is 9. The summed E-state index contributed by atoms with van der Waals surface area (Å²) >= 11 is 0. The van der Waals surface area contributed by atoms with Gasteiger partial charge in [-0.15, -0.1) is 0 Å². The normalized spacial score (nSPS) is 17.6. The lowest BCUT2D eigenvalue weighted by molar-refractivity contribution is 0.0696. The van der Waals surface area contributed by atoms with Gasteiger partial charge in [0, 0.05) is 24.8 Å². The highest BCUT2D eigenvalue weighted by molar-refractivity contribution is 7.92. The second-order valence-electron chi connectivity index (χ2n) is 8.99. The van der Waals surface area contributed by atoms with E-state index < -0.39 is 21.8 Å². The molecule has 9 heteroatoms. The van der Waals surface area contributed by atoms with Crippen molar-refractivity contribution < 1.29 is 22.7 Å². The summed E-state index contributed by atoms with van der Waals surface area (Å²) in [4.78, 5) is 16.5. The molecule has 0 spiro atoms. The Morgan fingerprint density at radius 2 is 2.00 bits per heavy atom. The molecule has 0 bridgehead atoms. The molecule has 4 rings (SSSR count). The molecule has 2 heterocycles. The van der Waals surface area contributed by atoms with Crippen LogP contribution in [0.1, 0.15) is 54.6 Å². The van der Waals surface area contributed by atoms with Crippen molar-refractivity contribution >= 4 is 33.4 Å². The predicted octanol–water partition coefficient (Wildman–Crippen LogP) is 4.59. The smallest absolute Gasteiger partial charge is 0.338 e. The molecule has 0 aromatic heterocycles. The molecule has 35 heavy (non-hydrogen) atoms. The van der Waals surface area contributed by atoms with E-state index in [0.717, 1.165) is 50.7 Å². The number of carboxylic acid groups (broad SMARTS) is 1. The van der Waals surface area contributed by atoms with Gasteiger partial charge in [0.2, 0.25) is 0 Å². The van der Waals surface area contributed by atoms with Gasteiger partial charge in [0.15, 0.2) is 0 Å². The van der Waals surface area contributed by atoms with Crippen LogP contribution in [0.5, 0.6) is 0 Å². The van der Waals surface area contributed by atoms with Gasteiger partial charge < -0.3 is 14.9 Å². The molecule has 1 saturated heterocycles. The van der Waals surface area contributed by atoms with Gasteiger partial charge in [0.05, 0.1) is 16.1 Å². The topological polar surface area (TPSA) is 90.0 Å². The van der Waals surface area contributed by atoms with E-state index in [-0.39, 0.29) is 21.7 Å². The van der Waals surface area contributed by atoms with Gasteiger partial charge >= 0.3 is 5.97 Å². The van der Waals surface area contributed by atoms with Gasteiger partial charge in [0.25, 0.3) is 10.0 Å². The molecule has 1 fully saturated rings. The maximum absolute atomic E-state index is 14.0. The molecule has 2 aromatic rings. The van der Waals surface area contributed by atoms with Crippen LogP contribution in [0.3, 0.4) is 0 Å². The van der Waals surface area contributed by atoms with E-state index in [2.05, 4.69) is 14.5 Å². The predicted molar refractivity (Wildman–Crippen MR) is 136 cm³/mol. The van der Waals surface area contributed by atoms with Crippen molar-refractivity contribution in [3.8, 4) is 0 Å². The van der Waals surface area contributed by atoms with Crippen molar-refractivity contribution in [2.24, 2.45) is 0 Å². The lowest BCUT2D eigenvalue weighted by Crippen LogP contribution is -2.35. The van der Waals surface area contributed by atoms with E-state index >= 15 is 0 Å². The summed E-state index contributed by atoms with van der Waals surface area (Å²) in [5, 5.41) is 10.0. The summed E-state index contributed by atoms with van der Waals surface area (Å²) < 4.78 is 43.3. The largest absolute Gasteiger partial charge is 0.478 e. The number of sulfonamides is 1. The molecular weight excluding hydrogens is 469 g/mol. The zero-order chi connectivity index (χ0) is 25.2. The van der Waals surface area contributed by atoms with E-state index in [1.165, 1.54) is 18.2 Å². The second-order valence-corrected chi connectivity index (χ2v) is 10.6. The molecule has 2 aromatic carbocycles. The standard InChI is InChI=1S/C26H32FN3O4S/c1-3-29(4-2)15-5-7-18-17-19(27)9-14-24(18)35(33,34)28-22-12-13-23-21(25(22)26(31)32)11-10-20-8-6-16-30(20)23/h5,7,9,12-14,17,20,28H,3-4,6,8,10-11,15-16H2,1-2H3,(H,31,32). The minimum Gasteiger partial charge on any atom is -0.478 e. The Balaban J connectivity index is 1.68. The molecule has 1 atom stereocenters. The van der Waals surface area contributed by atoms with E-state index in [4.69, 9.17) is 0 Å². The van der Waals surface area contributed by atoms with Crippen LogP contribution < -0.4 is 9.62 Å². The Labute approximate surface area is 206 Å². The molecule has 2 N–H and O–H groups in total.